The van der Waals surface area contributed by atoms with E-state index in [2.05, 4.69) is 20.7 Å². The van der Waals surface area contributed by atoms with Gasteiger partial charge in [0.1, 0.15) is 10.6 Å². The molecule has 2 rings (SSSR count). The second-order valence-corrected chi connectivity index (χ2v) is 7.89. The third-order valence-electron chi connectivity index (χ3n) is 3.60. The third kappa shape index (κ3) is 4.34. The number of ether oxygens (including phenoxy) is 1. The topological polar surface area (TPSA) is 55.4 Å². The predicted octanol–water partition coefficient (Wildman–Crippen LogP) is 4.20. The van der Waals surface area contributed by atoms with E-state index in [9.17, 15) is 8.42 Å². The number of aryl methyl sites for hydroxylation is 1. The van der Waals surface area contributed by atoms with Gasteiger partial charge >= 0.3 is 0 Å². The van der Waals surface area contributed by atoms with Gasteiger partial charge < -0.3 is 4.74 Å². The molecule has 124 valence electrons. The molecule has 0 aliphatic rings. The van der Waals surface area contributed by atoms with Crippen molar-refractivity contribution in [2.24, 2.45) is 0 Å². The molecule has 1 atom stereocenters. The zero-order valence-corrected chi connectivity index (χ0v) is 15.7. The Balaban J connectivity index is 2.36. The number of nitrogens with one attached hydrogen (secondary N) is 1. The third-order valence-corrected chi connectivity index (χ3v) is 5.59. The number of halogens is 1. The molecule has 0 bridgehead atoms. The van der Waals surface area contributed by atoms with Gasteiger partial charge in [-0.2, -0.15) is 0 Å². The highest BCUT2D eigenvalue weighted by molar-refractivity contribution is 9.10. The zero-order valence-electron chi connectivity index (χ0n) is 13.3. The Bertz CT molecular complexity index is 773. The molecule has 0 saturated heterocycles. The maximum atomic E-state index is 12.8. The summed E-state index contributed by atoms with van der Waals surface area (Å²) in [6.45, 7) is 3.95. The van der Waals surface area contributed by atoms with Crippen molar-refractivity contribution < 1.29 is 13.2 Å². The highest BCUT2D eigenvalue weighted by Crippen LogP contribution is 2.29. The Morgan fingerprint density at radius 1 is 1.17 bits per heavy atom. The van der Waals surface area contributed by atoms with Crippen molar-refractivity contribution in [1.82, 2.24) is 4.72 Å². The molecule has 0 saturated carbocycles. The van der Waals surface area contributed by atoms with Gasteiger partial charge in [-0.25, -0.2) is 13.1 Å². The minimum absolute atomic E-state index is 0.125. The van der Waals surface area contributed by atoms with Gasteiger partial charge in [-0.05, 0) is 37.1 Å². The quantitative estimate of drug-likeness (QED) is 0.794. The minimum Gasteiger partial charge on any atom is -0.495 e. The van der Waals surface area contributed by atoms with Crippen LogP contribution in [0.3, 0.4) is 0 Å². The standard InChI is InChI=1S/C17H20BrNO3S/c1-4-15(13-7-5-12(2)6-8-13)19-23(20,21)17-11-14(18)9-10-16(17)22-3/h5-11,15,19H,4H2,1-3H3/t15-/m1/s1. The van der Waals surface area contributed by atoms with Crippen LogP contribution in [0.2, 0.25) is 0 Å². The van der Waals surface area contributed by atoms with Crippen molar-refractivity contribution in [3.8, 4) is 5.75 Å². The van der Waals surface area contributed by atoms with Crippen LogP contribution >= 0.6 is 15.9 Å². The first-order valence-electron chi connectivity index (χ1n) is 7.30. The molecular formula is C17H20BrNO3S. The van der Waals surface area contributed by atoms with Crippen LogP contribution in [0.25, 0.3) is 0 Å². The van der Waals surface area contributed by atoms with Crippen LogP contribution in [0.1, 0.15) is 30.5 Å². The average Bonchev–Trinajstić information content (AvgIpc) is 2.53. The summed E-state index contributed by atoms with van der Waals surface area (Å²) in [6.07, 6.45) is 0.651. The van der Waals surface area contributed by atoms with Gasteiger partial charge in [-0.1, -0.05) is 52.7 Å². The highest BCUT2D eigenvalue weighted by atomic mass is 79.9. The van der Waals surface area contributed by atoms with E-state index < -0.39 is 10.0 Å². The van der Waals surface area contributed by atoms with Crippen LogP contribution in [-0.2, 0) is 10.0 Å². The van der Waals surface area contributed by atoms with E-state index in [0.29, 0.717) is 16.6 Å². The Hall–Kier alpha value is -1.37. The molecule has 4 nitrogen and oxygen atoms in total. The van der Waals surface area contributed by atoms with Crippen molar-refractivity contribution in [2.75, 3.05) is 7.11 Å². The van der Waals surface area contributed by atoms with Gasteiger partial charge in [0.2, 0.25) is 10.0 Å². The molecule has 0 fully saturated rings. The minimum atomic E-state index is -3.70. The lowest BCUT2D eigenvalue weighted by Crippen LogP contribution is -2.28. The predicted molar refractivity (Wildman–Crippen MR) is 95.2 cm³/mol. The van der Waals surface area contributed by atoms with Gasteiger partial charge in [0.25, 0.3) is 0 Å². The van der Waals surface area contributed by atoms with E-state index in [1.54, 1.807) is 18.2 Å². The molecule has 0 radical (unpaired) electrons. The first-order valence-corrected chi connectivity index (χ1v) is 9.57. The van der Waals surface area contributed by atoms with E-state index in [1.807, 2.05) is 38.1 Å². The molecule has 2 aromatic rings. The second kappa shape index (κ2) is 7.47. The summed E-state index contributed by atoms with van der Waals surface area (Å²) in [6, 6.07) is 12.5. The molecule has 23 heavy (non-hydrogen) atoms. The SMILES string of the molecule is CC[C@@H](NS(=O)(=O)c1cc(Br)ccc1OC)c1ccc(C)cc1. The van der Waals surface area contributed by atoms with Crippen molar-refractivity contribution in [1.29, 1.82) is 0 Å². The first-order chi connectivity index (χ1) is 10.9. The number of sulfonamides is 1. The Kier molecular flexibility index (Phi) is 5.84. The van der Waals surface area contributed by atoms with Gasteiger partial charge in [-0.15, -0.1) is 0 Å². The summed E-state index contributed by atoms with van der Waals surface area (Å²) in [4.78, 5) is 0.125. The van der Waals surface area contributed by atoms with Crippen molar-refractivity contribution in [3.05, 3.63) is 58.1 Å². The maximum Gasteiger partial charge on any atom is 0.244 e. The summed E-state index contributed by atoms with van der Waals surface area (Å²) >= 11 is 3.31. The molecule has 1 N–H and O–H groups in total. The summed E-state index contributed by atoms with van der Waals surface area (Å²) in [5.74, 6) is 0.319. The first kappa shape index (κ1) is 18.0. The van der Waals surface area contributed by atoms with E-state index in [1.165, 1.54) is 7.11 Å². The fourth-order valence-corrected chi connectivity index (χ4v) is 4.31. The van der Waals surface area contributed by atoms with E-state index in [0.717, 1.165) is 11.1 Å². The maximum absolute atomic E-state index is 12.8. The zero-order chi connectivity index (χ0) is 17.0. The van der Waals surface area contributed by atoms with E-state index >= 15 is 0 Å². The summed E-state index contributed by atoms with van der Waals surface area (Å²) in [7, 11) is -2.24. The summed E-state index contributed by atoms with van der Waals surface area (Å²) < 4.78 is 34.2. The van der Waals surface area contributed by atoms with Crippen LogP contribution in [0.5, 0.6) is 5.75 Å². The van der Waals surface area contributed by atoms with Crippen LogP contribution in [0, 0.1) is 6.92 Å². The normalized spacial score (nSPS) is 12.9. The largest absolute Gasteiger partial charge is 0.495 e. The fraction of sp³-hybridized carbons (Fsp3) is 0.294. The molecular weight excluding hydrogens is 378 g/mol. The lowest BCUT2D eigenvalue weighted by atomic mass is 10.0. The molecule has 6 heteroatoms. The number of rotatable bonds is 6. The molecule has 0 amide bonds. The second-order valence-electron chi connectivity index (χ2n) is 5.29. The van der Waals surface area contributed by atoms with Crippen molar-refractivity contribution >= 4 is 26.0 Å². The number of hydrogen-bond donors (Lipinski definition) is 1. The van der Waals surface area contributed by atoms with Crippen LogP contribution in [0.15, 0.2) is 51.8 Å². The number of hydrogen-bond acceptors (Lipinski definition) is 3. The number of benzene rings is 2. The summed E-state index contributed by atoms with van der Waals surface area (Å²) in [5.41, 5.74) is 2.08. The van der Waals surface area contributed by atoms with E-state index in [-0.39, 0.29) is 10.9 Å². The molecule has 0 aliphatic carbocycles. The number of methoxy groups -OCH3 is 1. The smallest absolute Gasteiger partial charge is 0.244 e. The van der Waals surface area contributed by atoms with Crippen LogP contribution in [0.4, 0.5) is 0 Å². The van der Waals surface area contributed by atoms with Gasteiger partial charge in [0.05, 0.1) is 7.11 Å². The molecule has 0 aliphatic heterocycles. The monoisotopic (exact) mass is 397 g/mol. The van der Waals surface area contributed by atoms with Crippen molar-refractivity contribution in [3.63, 3.8) is 0 Å². The summed E-state index contributed by atoms with van der Waals surface area (Å²) in [5, 5.41) is 0. The fourth-order valence-electron chi connectivity index (χ4n) is 2.30. The Morgan fingerprint density at radius 3 is 2.39 bits per heavy atom. The van der Waals surface area contributed by atoms with Crippen LogP contribution < -0.4 is 9.46 Å². The van der Waals surface area contributed by atoms with Gasteiger partial charge in [0.15, 0.2) is 0 Å². The molecule has 0 unspecified atom stereocenters. The molecule has 0 heterocycles. The van der Waals surface area contributed by atoms with Gasteiger partial charge in [-0.3, -0.25) is 0 Å². The molecule has 2 aromatic carbocycles. The van der Waals surface area contributed by atoms with Gasteiger partial charge in [0, 0.05) is 10.5 Å². The lowest BCUT2D eigenvalue weighted by Gasteiger charge is -2.19. The highest BCUT2D eigenvalue weighted by Gasteiger charge is 2.24. The Labute approximate surface area is 146 Å². The van der Waals surface area contributed by atoms with Crippen LogP contribution in [-0.4, -0.2) is 15.5 Å². The van der Waals surface area contributed by atoms with E-state index in [4.69, 9.17) is 4.74 Å². The molecule has 0 spiro atoms. The Morgan fingerprint density at radius 2 is 1.83 bits per heavy atom. The van der Waals surface area contributed by atoms with Crippen molar-refractivity contribution in [2.45, 2.75) is 31.2 Å². The molecule has 0 aromatic heterocycles. The lowest BCUT2D eigenvalue weighted by molar-refractivity contribution is 0.401. The average molecular weight is 398 g/mol.